The molecule has 0 spiro atoms. The number of fused-ring (bicyclic) bond motifs is 2. The fourth-order valence-corrected chi connectivity index (χ4v) is 3.85. The van der Waals surface area contributed by atoms with Gasteiger partial charge in [0, 0.05) is 24.6 Å². The standard InChI is InChI=1S/C24H22N2O4/c27-23(10-8-16-7-9-21-22(12-16)29-15-28-21)26-14-18-13-17-4-3-5-19(24(17)30-18)20-6-1-2-11-25-20/h1-7,9,11-12,18H,8,10,13-15H2,(H,26,27)/t18-/m1/s1. The van der Waals surface area contributed by atoms with Crippen LogP contribution in [0.5, 0.6) is 17.2 Å². The van der Waals surface area contributed by atoms with Gasteiger partial charge in [0.25, 0.3) is 0 Å². The highest BCUT2D eigenvalue weighted by molar-refractivity contribution is 5.76. The first kappa shape index (κ1) is 18.5. The number of para-hydroxylation sites is 1. The lowest BCUT2D eigenvalue weighted by molar-refractivity contribution is -0.121. The Morgan fingerprint density at radius 3 is 2.90 bits per heavy atom. The minimum atomic E-state index is -0.0700. The Bertz CT molecular complexity index is 1070. The van der Waals surface area contributed by atoms with Gasteiger partial charge in [-0.15, -0.1) is 0 Å². The second kappa shape index (κ2) is 8.06. The van der Waals surface area contributed by atoms with Crippen molar-refractivity contribution < 1.29 is 19.0 Å². The maximum absolute atomic E-state index is 12.3. The molecule has 0 saturated carbocycles. The van der Waals surface area contributed by atoms with E-state index in [1.54, 1.807) is 6.20 Å². The molecule has 2 aliphatic rings. The van der Waals surface area contributed by atoms with E-state index >= 15 is 0 Å². The topological polar surface area (TPSA) is 69.7 Å². The summed E-state index contributed by atoms with van der Waals surface area (Å²) in [5.41, 5.74) is 4.09. The van der Waals surface area contributed by atoms with E-state index < -0.39 is 0 Å². The maximum atomic E-state index is 12.3. The molecule has 6 nitrogen and oxygen atoms in total. The number of carbonyl (C=O) groups excluding carboxylic acids is 1. The van der Waals surface area contributed by atoms with E-state index in [-0.39, 0.29) is 18.8 Å². The fourth-order valence-electron chi connectivity index (χ4n) is 3.85. The van der Waals surface area contributed by atoms with E-state index in [2.05, 4.69) is 16.4 Å². The second-order valence-corrected chi connectivity index (χ2v) is 7.44. The van der Waals surface area contributed by atoms with Crippen LogP contribution in [-0.2, 0) is 17.6 Å². The monoisotopic (exact) mass is 402 g/mol. The normalized spacial score (nSPS) is 16.1. The highest BCUT2D eigenvalue weighted by Crippen LogP contribution is 2.37. The lowest BCUT2D eigenvalue weighted by atomic mass is 10.0. The van der Waals surface area contributed by atoms with Crippen molar-refractivity contribution in [2.24, 2.45) is 0 Å². The molecular formula is C24H22N2O4. The van der Waals surface area contributed by atoms with Crippen molar-refractivity contribution in [1.82, 2.24) is 10.3 Å². The van der Waals surface area contributed by atoms with Crippen molar-refractivity contribution >= 4 is 5.91 Å². The van der Waals surface area contributed by atoms with Gasteiger partial charge < -0.3 is 19.5 Å². The second-order valence-electron chi connectivity index (χ2n) is 7.44. The molecule has 1 N–H and O–H groups in total. The van der Waals surface area contributed by atoms with Crippen LogP contribution in [0.1, 0.15) is 17.5 Å². The molecule has 0 aliphatic carbocycles. The molecule has 3 heterocycles. The van der Waals surface area contributed by atoms with Crippen LogP contribution in [0.25, 0.3) is 11.3 Å². The third-order valence-electron chi connectivity index (χ3n) is 5.37. The van der Waals surface area contributed by atoms with Crippen LogP contribution in [0.2, 0.25) is 0 Å². The first-order valence-electron chi connectivity index (χ1n) is 10.1. The summed E-state index contributed by atoms with van der Waals surface area (Å²) in [6.45, 7) is 0.738. The van der Waals surface area contributed by atoms with E-state index in [4.69, 9.17) is 14.2 Å². The fraction of sp³-hybridized carbons (Fsp3) is 0.250. The molecule has 1 atom stereocenters. The average molecular weight is 402 g/mol. The smallest absolute Gasteiger partial charge is 0.231 e. The number of aromatic nitrogens is 1. The minimum Gasteiger partial charge on any atom is -0.487 e. The third-order valence-corrected chi connectivity index (χ3v) is 5.37. The van der Waals surface area contributed by atoms with E-state index in [9.17, 15) is 4.79 Å². The number of hydrogen-bond donors (Lipinski definition) is 1. The molecule has 30 heavy (non-hydrogen) atoms. The van der Waals surface area contributed by atoms with Crippen molar-refractivity contribution in [1.29, 1.82) is 0 Å². The summed E-state index contributed by atoms with van der Waals surface area (Å²) in [4.78, 5) is 16.8. The van der Waals surface area contributed by atoms with Crippen LogP contribution in [0.15, 0.2) is 60.8 Å². The number of aryl methyl sites for hydroxylation is 1. The van der Waals surface area contributed by atoms with Gasteiger partial charge in [0.05, 0.1) is 12.2 Å². The van der Waals surface area contributed by atoms with Gasteiger partial charge in [-0.25, -0.2) is 0 Å². The van der Waals surface area contributed by atoms with Gasteiger partial charge in [0.15, 0.2) is 11.5 Å². The van der Waals surface area contributed by atoms with Crippen molar-refractivity contribution in [3.63, 3.8) is 0 Å². The number of hydrogen-bond acceptors (Lipinski definition) is 5. The lowest BCUT2D eigenvalue weighted by Crippen LogP contribution is -2.34. The SMILES string of the molecule is O=C(CCc1ccc2c(c1)OCO2)NC[C@H]1Cc2cccc(-c3ccccn3)c2O1. The van der Waals surface area contributed by atoms with E-state index in [1.807, 2.05) is 48.5 Å². The van der Waals surface area contributed by atoms with Crippen LogP contribution in [-0.4, -0.2) is 30.3 Å². The van der Waals surface area contributed by atoms with E-state index in [1.165, 1.54) is 0 Å². The number of nitrogens with one attached hydrogen (secondary N) is 1. The molecule has 0 unspecified atom stereocenters. The molecular weight excluding hydrogens is 380 g/mol. The molecule has 2 aromatic carbocycles. The minimum absolute atomic E-state index is 0.0113. The van der Waals surface area contributed by atoms with Gasteiger partial charge in [-0.2, -0.15) is 0 Å². The maximum Gasteiger partial charge on any atom is 0.231 e. The van der Waals surface area contributed by atoms with Gasteiger partial charge in [-0.1, -0.05) is 24.3 Å². The van der Waals surface area contributed by atoms with E-state index in [0.717, 1.165) is 46.1 Å². The predicted octanol–water partition coefficient (Wildman–Crippen LogP) is 3.53. The Hall–Kier alpha value is -3.54. The van der Waals surface area contributed by atoms with Gasteiger partial charge in [0.1, 0.15) is 11.9 Å². The molecule has 0 fully saturated rings. The average Bonchev–Trinajstić information content (AvgIpc) is 3.42. The van der Waals surface area contributed by atoms with Crippen LogP contribution < -0.4 is 19.5 Å². The van der Waals surface area contributed by atoms with Crippen LogP contribution in [0.3, 0.4) is 0 Å². The molecule has 3 aromatic rings. The predicted molar refractivity (Wildman–Crippen MR) is 112 cm³/mol. The van der Waals surface area contributed by atoms with Crippen molar-refractivity contribution in [3.8, 4) is 28.5 Å². The van der Waals surface area contributed by atoms with Crippen LogP contribution >= 0.6 is 0 Å². The number of pyridine rings is 1. The Morgan fingerprint density at radius 1 is 1.07 bits per heavy atom. The van der Waals surface area contributed by atoms with Gasteiger partial charge in [-0.3, -0.25) is 9.78 Å². The summed E-state index contributed by atoms with van der Waals surface area (Å²) in [7, 11) is 0. The number of nitrogens with zero attached hydrogens (tertiary/aromatic N) is 1. The largest absolute Gasteiger partial charge is 0.487 e. The summed E-state index contributed by atoms with van der Waals surface area (Å²) in [6.07, 6.45) is 3.55. The first-order chi connectivity index (χ1) is 14.8. The Labute approximate surface area is 174 Å². The number of ether oxygens (including phenoxy) is 3. The van der Waals surface area contributed by atoms with Crippen molar-refractivity contribution in [2.45, 2.75) is 25.4 Å². The molecule has 5 rings (SSSR count). The number of carbonyl (C=O) groups is 1. The molecule has 0 radical (unpaired) electrons. The summed E-state index contributed by atoms with van der Waals surface area (Å²) < 4.78 is 16.9. The molecule has 0 bridgehead atoms. The highest BCUT2D eigenvalue weighted by Gasteiger charge is 2.26. The summed E-state index contributed by atoms with van der Waals surface area (Å²) >= 11 is 0. The number of amides is 1. The van der Waals surface area contributed by atoms with Crippen LogP contribution in [0.4, 0.5) is 0 Å². The zero-order valence-electron chi connectivity index (χ0n) is 16.5. The molecule has 152 valence electrons. The van der Waals surface area contributed by atoms with Gasteiger partial charge in [0.2, 0.25) is 12.7 Å². The molecule has 2 aliphatic heterocycles. The molecule has 0 saturated heterocycles. The Kier molecular flexibility index (Phi) is 4.97. The summed E-state index contributed by atoms with van der Waals surface area (Å²) in [6, 6.07) is 17.8. The summed E-state index contributed by atoms with van der Waals surface area (Å²) in [5.74, 6) is 2.38. The third kappa shape index (κ3) is 3.81. The van der Waals surface area contributed by atoms with Crippen molar-refractivity contribution in [2.75, 3.05) is 13.3 Å². The molecule has 1 amide bonds. The highest BCUT2D eigenvalue weighted by atomic mass is 16.7. The van der Waals surface area contributed by atoms with Gasteiger partial charge in [-0.05, 0) is 47.9 Å². The lowest BCUT2D eigenvalue weighted by Gasteiger charge is -2.13. The van der Waals surface area contributed by atoms with E-state index in [0.29, 0.717) is 19.4 Å². The number of rotatable bonds is 6. The number of benzene rings is 2. The zero-order chi connectivity index (χ0) is 20.3. The summed E-state index contributed by atoms with van der Waals surface area (Å²) in [5, 5.41) is 3.01. The zero-order valence-corrected chi connectivity index (χ0v) is 16.5. The van der Waals surface area contributed by atoms with Crippen molar-refractivity contribution in [3.05, 3.63) is 71.9 Å². The van der Waals surface area contributed by atoms with Gasteiger partial charge >= 0.3 is 0 Å². The van der Waals surface area contributed by atoms with Crippen LogP contribution in [0, 0.1) is 0 Å². The molecule has 1 aromatic heterocycles. The molecule has 6 heteroatoms. The Balaban J connectivity index is 1.15. The quantitative estimate of drug-likeness (QED) is 0.683. The first-order valence-corrected chi connectivity index (χ1v) is 10.1. The Morgan fingerprint density at radius 2 is 2.00 bits per heavy atom.